The average Bonchev–Trinajstić information content (AvgIpc) is 3.49. The van der Waals surface area contributed by atoms with Crippen LogP contribution >= 0.6 is 0 Å². The van der Waals surface area contributed by atoms with Crippen LogP contribution in [0.4, 0.5) is 34.1 Å². The van der Waals surface area contributed by atoms with Crippen molar-refractivity contribution < 1.29 is 37.0 Å². The smallest absolute Gasteiger partial charge is 0.415 e. The number of carbonyl (C=O) groups is 3. The number of hydrogen-bond acceptors (Lipinski definition) is 7. The SMILES string of the molecule is O=C(NC1C[C@]12CN(c1ccc(N3CCNN(C(=O)N4CCOCC4)CC3)c(F)c1)C(=O)O2)C(F)F. The molecule has 1 saturated carbocycles. The molecule has 4 amide bonds. The van der Waals surface area contributed by atoms with Crippen molar-refractivity contribution in [3.05, 3.63) is 24.0 Å². The van der Waals surface area contributed by atoms with Crippen molar-refractivity contribution in [2.45, 2.75) is 24.5 Å². The summed E-state index contributed by atoms with van der Waals surface area (Å²) in [6, 6.07) is 3.53. The Morgan fingerprint density at radius 3 is 2.64 bits per heavy atom. The molecule has 2 N–H and O–H groups in total. The first-order chi connectivity index (χ1) is 17.3. The molecule has 4 fully saturated rings. The van der Waals surface area contributed by atoms with Gasteiger partial charge in [-0.1, -0.05) is 0 Å². The van der Waals surface area contributed by atoms with E-state index in [1.165, 1.54) is 16.0 Å². The third kappa shape index (κ3) is 4.74. The van der Waals surface area contributed by atoms with Gasteiger partial charge in [-0.3, -0.25) is 14.7 Å². The van der Waals surface area contributed by atoms with Crippen molar-refractivity contribution in [2.24, 2.45) is 0 Å². The van der Waals surface area contributed by atoms with Gasteiger partial charge in [0.05, 0.1) is 43.7 Å². The molecule has 196 valence electrons. The fourth-order valence-electron chi connectivity index (χ4n) is 4.76. The van der Waals surface area contributed by atoms with Crippen molar-refractivity contribution in [3.8, 4) is 0 Å². The van der Waals surface area contributed by atoms with Crippen LogP contribution in [0.3, 0.4) is 0 Å². The fourth-order valence-corrected chi connectivity index (χ4v) is 4.76. The van der Waals surface area contributed by atoms with E-state index >= 15 is 4.39 Å². The zero-order valence-corrected chi connectivity index (χ0v) is 19.4. The molecular weight excluding hydrogens is 485 g/mol. The zero-order chi connectivity index (χ0) is 25.4. The van der Waals surface area contributed by atoms with E-state index < -0.39 is 35.9 Å². The Morgan fingerprint density at radius 2 is 1.92 bits per heavy atom. The second-order valence-electron chi connectivity index (χ2n) is 9.15. The fraction of sp³-hybridized carbons (Fsp3) is 0.591. The third-order valence-corrected chi connectivity index (χ3v) is 6.85. The molecule has 3 aliphatic heterocycles. The number of nitrogens with zero attached hydrogens (tertiary/aromatic N) is 4. The largest absolute Gasteiger partial charge is 0.438 e. The molecule has 14 heteroatoms. The highest BCUT2D eigenvalue weighted by Gasteiger charge is 2.64. The summed E-state index contributed by atoms with van der Waals surface area (Å²) in [5, 5.41) is 3.70. The Hall–Kier alpha value is -3.26. The van der Waals surface area contributed by atoms with Gasteiger partial charge in [-0.25, -0.2) is 19.4 Å². The predicted octanol–water partition coefficient (Wildman–Crippen LogP) is 0.754. The molecule has 11 nitrogen and oxygen atoms in total. The highest BCUT2D eigenvalue weighted by atomic mass is 19.3. The first kappa shape index (κ1) is 24.4. The van der Waals surface area contributed by atoms with Crippen molar-refractivity contribution in [1.82, 2.24) is 20.7 Å². The van der Waals surface area contributed by atoms with Crippen LogP contribution in [-0.2, 0) is 14.3 Å². The Balaban J connectivity index is 1.21. The van der Waals surface area contributed by atoms with Crippen LogP contribution in [-0.4, -0.2) is 105 Å². The molecule has 5 rings (SSSR count). The lowest BCUT2D eigenvalue weighted by atomic mass is 10.2. The Kier molecular flexibility index (Phi) is 6.55. The molecule has 4 aliphatic rings. The average molecular weight is 512 g/mol. The van der Waals surface area contributed by atoms with E-state index in [1.54, 1.807) is 17.0 Å². The van der Waals surface area contributed by atoms with Crippen LogP contribution in [0.15, 0.2) is 18.2 Å². The summed E-state index contributed by atoms with van der Waals surface area (Å²) in [6.07, 6.45) is -3.67. The lowest BCUT2D eigenvalue weighted by molar-refractivity contribution is -0.132. The van der Waals surface area contributed by atoms with Crippen molar-refractivity contribution in [2.75, 3.05) is 68.8 Å². The number of carbonyl (C=O) groups excluding carboxylic acids is 3. The molecular formula is C22H27F3N6O5. The number of rotatable bonds is 4. The van der Waals surface area contributed by atoms with E-state index in [0.29, 0.717) is 58.2 Å². The summed E-state index contributed by atoms with van der Waals surface area (Å²) in [5.74, 6) is -1.97. The van der Waals surface area contributed by atoms with Crippen molar-refractivity contribution >= 4 is 29.4 Å². The van der Waals surface area contributed by atoms with Gasteiger partial charge in [0.25, 0.3) is 5.91 Å². The quantitative estimate of drug-likeness (QED) is 0.614. The standard InChI is InChI=1S/C22H27F3N6O5/c23-15-11-14(30-13-22(36-21(30)34)12-17(22)27-19(32)18(24)25)1-2-16(15)28-4-3-26-31(6-5-28)20(33)29-7-9-35-10-8-29/h1-2,11,17-18,26H,3-10,12-13H2,(H,27,32)/t17?,22-/m0/s1. The van der Waals surface area contributed by atoms with Gasteiger partial charge in [-0.2, -0.15) is 8.78 Å². The molecule has 36 heavy (non-hydrogen) atoms. The number of benzene rings is 1. The molecule has 2 atom stereocenters. The highest BCUT2D eigenvalue weighted by Crippen LogP contribution is 2.46. The number of ether oxygens (including phenoxy) is 2. The van der Waals surface area contributed by atoms with Crippen LogP contribution in [0.25, 0.3) is 0 Å². The van der Waals surface area contributed by atoms with Gasteiger partial charge >= 0.3 is 18.5 Å². The molecule has 0 aromatic heterocycles. The van der Waals surface area contributed by atoms with Crippen LogP contribution in [0.1, 0.15) is 6.42 Å². The first-order valence-corrected chi connectivity index (χ1v) is 11.8. The number of halogens is 3. The summed E-state index contributed by atoms with van der Waals surface area (Å²) in [5.41, 5.74) is 2.61. The number of urea groups is 1. The maximum Gasteiger partial charge on any atom is 0.415 e. The molecule has 1 spiro atoms. The number of morpholine rings is 1. The first-order valence-electron chi connectivity index (χ1n) is 11.8. The highest BCUT2D eigenvalue weighted by molar-refractivity contribution is 5.91. The summed E-state index contributed by atoms with van der Waals surface area (Å²) in [7, 11) is 0. The Morgan fingerprint density at radius 1 is 1.14 bits per heavy atom. The molecule has 0 radical (unpaired) electrons. The Bertz CT molecular complexity index is 1040. The van der Waals surface area contributed by atoms with E-state index in [9.17, 15) is 23.2 Å². The normalized spacial score (nSPS) is 26.3. The van der Waals surface area contributed by atoms with Crippen molar-refractivity contribution in [1.29, 1.82) is 0 Å². The number of anilines is 2. The molecule has 3 heterocycles. The minimum atomic E-state index is -3.16. The summed E-state index contributed by atoms with van der Waals surface area (Å²) in [6.45, 7) is 3.72. The summed E-state index contributed by atoms with van der Waals surface area (Å²) < 4.78 is 50.8. The predicted molar refractivity (Wildman–Crippen MR) is 120 cm³/mol. The van der Waals surface area contributed by atoms with Crippen LogP contribution < -0.4 is 20.5 Å². The number of alkyl halides is 2. The van der Waals surface area contributed by atoms with Gasteiger partial charge < -0.3 is 24.6 Å². The third-order valence-electron chi connectivity index (χ3n) is 6.85. The number of amides is 4. The molecule has 1 unspecified atom stereocenters. The lowest BCUT2D eigenvalue weighted by Crippen LogP contribution is -2.53. The number of hydrazine groups is 1. The van der Waals surface area contributed by atoms with Crippen LogP contribution in [0.2, 0.25) is 0 Å². The molecule has 1 aromatic rings. The van der Waals surface area contributed by atoms with Gasteiger partial charge in [0.2, 0.25) is 0 Å². The molecule has 1 aliphatic carbocycles. The molecule has 3 saturated heterocycles. The number of hydrogen-bond donors (Lipinski definition) is 2. The summed E-state index contributed by atoms with van der Waals surface area (Å²) >= 11 is 0. The summed E-state index contributed by atoms with van der Waals surface area (Å²) in [4.78, 5) is 41.2. The topological polar surface area (TPSA) is 107 Å². The van der Waals surface area contributed by atoms with Gasteiger partial charge in [0.15, 0.2) is 5.60 Å². The monoisotopic (exact) mass is 512 g/mol. The van der Waals surface area contributed by atoms with E-state index in [4.69, 9.17) is 9.47 Å². The van der Waals surface area contributed by atoms with Gasteiger partial charge in [0, 0.05) is 39.1 Å². The minimum Gasteiger partial charge on any atom is -0.438 e. The van der Waals surface area contributed by atoms with Crippen LogP contribution in [0, 0.1) is 5.82 Å². The van der Waals surface area contributed by atoms with Gasteiger partial charge in [-0.05, 0) is 18.2 Å². The molecule has 0 bridgehead atoms. The van der Waals surface area contributed by atoms with Gasteiger partial charge in [0.1, 0.15) is 5.82 Å². The molecule has 1 aromatic carbocycles. The maximum absolute atomic E-state index is 15.2. The van der Waals surface area contributed by atoms with Gasteiger partial charge in [-0.15, -0.1) is 0 Å². The number of nitrogens with one attached hydrogen (secondary N) is 2. The maximum atomic E-state index is 15.2. The van der Waals surface area contributed by atoms with E-state index in [2.05, 4.69) is 10.7 Å². The van der Waals surface area contributed by atoms with E-state index in [-0.39, 0.29) is 24.7 Å². The lowest BCUT2D eigenvalue weighted by Gasteiger charge is -2.32. The van der Waals surface area contributed by atoms with Crippen LogP contribution in [0.5, 0.6) is 0 Å². The minimum absolute atomic E-state index is 0.0189. The second kappa shape index (κ2) is 9.65. The Labute approximate surface area is 205 Å². The van der Waals surface area contributed by atoms with E-state index in [1.807, 2.05) is 4.90 Å². The zero-order valence-electron chi connectivity index (χ0n) is 19.4. The second-order valence-corrected chi connectivity index (χ2v) is 9.15. The van der Waals surface area contributed by atoms with E-state index in [0.717, 1.165) is 0 Å². The van der Waals surface area contributed by atoms with Crippen molar-refractivity contribution in [3.63, 3.8) is 0 Å².